The number of hydrogen-bond donors (Lipinski definition) is 0. The average molecular weight is 482 g/mol. The average Bonchev–Trinajstić information content (AvgIpc) is 2.66. The number of rotatable bonds is 17. The lowest BCUT2D eigenvalue weighted by Gasteiger charge is -2.24. The molecule has 0 N–H and O–H groups in total. The Hall–Kier alpha value is 0.0669. The molecule has 0 saturated heterocycles. The Morgan fingerprint density at radius 3 is 1.55 bits per heavy atom. The third kappa shape index (κ3) is 13.2. The molecule has 1 aromatic rings. The highest BCUT2D eigenvalue weighted by Crippen LogP contribution is 2.35. The maximum absolute atomic E-state index is 6.07. The first-order chi connectivity index (χ1) is 13.9. The molecule has 0 atom stereocenters. The lowest BCUT2D eigenvalue weighted by molar-refractivity contribution is 0.240. The van der Waals surface area contributed by atoms with Gasteiger partial charge in [-0.2, -0.15) is 0 Å². The van der Waals surface area contributed by atoms with Crippen molar-refractivity contribution in [1.29, 1.82) is 0 Å². The highest BCUT2D eigenvalue weighted by molar-refractivity contribution is 6.65. The quantitative estimate of drug-likeness (QED) is 0.125. The molecule has 0 radical (unpaired) electrons. The van der Waals surface area contributed by atoms with Crippen molar-refractivity contribution >= 4 is 43.4 Å². The minimum Gasteiger partial charge on any atom is -0.520 e. The van der Waals surface area contributed by atoms with Crippen LogP contribution in [0.4, 0.5) is 0 Å². The third-order valence-corrected chi connectivity index (χ3v) is 7.84. The molecule has 0 aliphatic carbocycles. The molecule has 2 nitrogen and oxygen atoms in total. The maximum atomic E-state index is 6.07. The number of hydrogen-bond acceptors (Lipinski definition) is 2. The van der Waals surface area contributed by atoms with Gasteiger partial charge in [0.05, 0.1) is 15.1 Å². The van der Waals surface area contributed by atoms with E-state index in [0.29, 0.717) is 20.8 Å². The van der Waals surface area contributed by atoms with Gasteiger partial charge in [-0.3, -0.25) is 0 Å². The lowest BCUT2D eigenvalue weighted by atomic mass is 10.0. The van der Waals surface area contributed by atoms with Crippen molar-refractivity contribution in [1.82, 2.24) is 0 Å². The standard InChI is InChI=1S/C23H39Cl3O2Si/c1-4-5-6-7-8-9-10-11-12-13-14-15-16-17-27-29(2,3)28-20-18-21(24)23(26)22(25)19-20/h18-19H,4-17H2,1-3H3. The predicted molar refractivity (Wildman–Crippen MR) is 131 cm³/mol. The first-order valence-electron chi connectivity index (χ1n) is 11.3. The van der Waals surface area contributed by atoms with E-state index in [-0.39, 0.29) is 0 Å². The summed E-state index contributed by atoms with van der Waals surface area (Å²) >= 11 is 18.1. The van der Waals surface area contributed by atoms with Crippen molar-refractivity contribution in [2.24, 2.45) is 0 Å². The van der Waals surface area contributed by atoms with Crippen molar-refractivity contribution in [2.45, 2.75) is 103 Å². The smallest absolute Gasteiger partial charge is 0.392 e. The molecule has 0 fully saturated rings. The Labute approximate surface area is 194 Å². The van der Waals surface area contributed by atoms with Crippen LogP contribution < -0.4 is 4.43 Å². The summed E-state index contributed by atoms with van der Waals surface area (Å²) < 4.78 is 12.1. The molecule has 1 aromatic carbocycles. The van der Waals surface area contributed by atoms with E-state index in [1.165, 1.54) is 77.0 Å². The van der Waals surface area contributed by atoms with Crippen molar-refractivity contribution in [3.8, 4) is 5.75 Å². The summed E-state index contributed by atoms with van der Waals surface area (Å²) in [6, 6.07) is 3.39. The maximum Gasteiger partial charge on any atom is 0.392 e. The van der Waals surface area contributed by atoms with E-state index in [2.05, 4.69) is 6.92 Å². The van der Waals surface area contributed by atoms with Crippen molar-refractivity contribution < 1.29 is 8.85 Å². The molecule has 0 amide bonds. The molecule has 0 unspecified atom stereocenters. The molecule has 29 heavy (non-hydrogen) atoms. The molecule has 0 spiro atoms. The van der Waals surface area contributed by atoms with Gasteiger partial charge in [-0.15, -0.1) is 0 Å². The molecule has 0 aliphatic rings. The van der Waals surface area contributed by atoms with Gasteiger partial charge in [-0.1, -0.05) is 119 Å². The van der Waals surface area contributed by atoms with Crippen molar-refractivity contribution in [3.63, 3.8) is 0 Å². The van der Waals surface area contributed by atoms with Crippen LogP contribution in [0, 0.1) is 0 Å². The second-order valence-corrected chi connectivity index (χ2v) is 12.8. The summed E-state index contributed by atoms with van der Waals surface area (Å²) in [4.78, 5) is 0. The van der Waals surface area contributed by atoms with Gasteiger partial charge in [-0.25, -0.2) is 0 Å². The summed E-state index contributed by atoms with van der Waals surface area (Å²) in [6.07, 6.45) is 17.5. The molecular weight excluding hydrogens is 443 g/mol. The van der Waals surface area contributed by atoms with Crippen LogP contribution in [0.15, 0.2) is 12.1 Å². The van der Waals surface area contributed by atoms with Gasteiger partial charge in [0.2, 0.25) is 0 Å². The molecule has 168 valence electrons. The minimum absolute atomic E-state index is 0.355. The fourth-order valence-electron chi connectivity index (χ4n) is 3.34. The van der Waals surface area contributed by atoms with Crippen LogP contribution in [0.5, 0.6) is 5.75 Å². The van der Waals surface area contributed by atoms with E-state index >= 15 is 0 Å². The van der Waals surface area contributed by atoms with E-state index in [4.69, 9.17) is 43.7 Å². The summed E-state index contributed by atoms with van der Waals surface area (Å²) in [5.74, 6) is 0.617. The fraction of sp³-hybridized carbons (Fsp3) is 0.739. The second-order valence-electron chi connectivity index (χ2n) is 8.29. The Morgan fingerprint density at radius 1 is 0.690 bits per heavy atom. The molecule has 1 rings (SSSR count). The lowest BCUT2D eigenvalue weighted by Crippen LogP contribution is -2.38. The van der Waals surface area contributed by atoms with Crippen LogP contribution in [0.3, 0.4) is 0 Å². The minimum atomic E-state index is -2.27. The summed E-state index contributed by atoms with van der Waals surface area (Å²) in [6.45, 7) is 7.08. The van der Waals surface area contributed by atoms with Crippen LogP contribution >= 0.6 is 34.8 Å². The number of halogens is 3. The number of unbranched alkanes of at least 4 members (excludes halogenated alkanes) is 12. The van der Waals surface area contributed by atoms with Crippen molar-refractivity contribution in [2.75, 3.05) is 6.61 Å². The van der Waals surface area contributed by atoms with Crippen LogP contribution in [-0.2, 0) is 4.43 Å². The van der Waals surface area contributed by atoms with Gasteiger partial charge >= 0.3 is 8.56 Å². The normalized spacial score (nSPS) is 11.8. The largest absolute Gasteiger partial charge is 0.520 e. The van der Waals surface area contributed by atoms with Gasteiger partial charge in [0.1, 0.15) is 5.75 Å². The van der Waals surface area contributed by atoms with Crippen LogP contribution in [0.2, 0.25) is 28.2 Å². The van der Waals surface area contributed by atoms with E-state index in [1.54, 1.807) is 12.1 Å². The Bertz CT molecular complexity index is 544. The summed E-state index contributed by atoms with van der Waals surface area (Å²) in [5, 5.41) is 1.15. The van der Waals surface area contributed by atoms with Crippen LogP contribution in [-0.4, -0.2) is 15.2 Å². The zero-order valence-electron chi connectivity index (χ0n) is 18.5. The number of benzene rings is 1. The Kier molecular flexibility index (Phi) is 14.8. The SMILES string of the molecule is CCCCCCCCCCCCCCCO[Si](C)(C)Oc1cc(Cl)c(Cl)c(Cl)c1. The van der Waals surface area contributed by atoms with Gasteiger partial charge in [-0.05, 0) is 31.6 Å². The zero-order valence-corrected chi connectivity index (χ0v) is 21.8. The molecule has 0 aliphatic heterocycles. The van der Waals surface area contributed by atoms with E-state index in [0.717, 1.165) is 13.0 Å². The van der Waals surface area contributed by atoms with Crippen molar-refractivity contribution in [3.05, 3.63) is 27.2 Å². The van der Waals surface area contributed by atoms with E-state index in [1.807, 2.05) is 13.1 Å². The first kappa shape index (κ1) is 27.1. The molecule has 0 heterocycles. The second kappa shape index (κ2) is 15.8. The molecular formula is C23H39Cl3O2Si. The summed E-state index contributed by atoms with van der Waals surface area (Å²) in [5.41, 5.74) is 0. The topological polar surface area (TPSA) is 18.5 Å². The molecule has 0 aromatic heterocycles. The third-order valence-electron chi connectivity index (χ3n) is 5.02. The summed E-state index contributed by atoms with van der Waals surface area (Å²) in [7, 11) is -2.27. The van der Waals surface area contributed by atoms with E-state index in [9.17, 15) is 0 Å². The Morgan fingerprint density at radius 2 is 1.10 bits per heavy atom. The zero-order chi connectivity index (χ0) is 21.5. The molecule has 6 heteroatoms. The van der Waals surface area contributed by atoms with Crippen LogP contribution in [0.25, 0.3) is 0 Å². The molecule has 0 bridgehead atoms. The van der Waals surface area contributed by atoms with Gasteiger partial charge in [0.25, 0.3) is 0 Å². The fourth-order valence-corrected chi connectivity index (χ4v) is 5.30. The molecule has 0 saturated carbocycles. The van der Waals surface area contributed by atoms with Gasteiger partial charge < -0.3 is 8.85 Å². The Balaban J connectivity index is 2.02. The van der Waals surface area contributed by atoms with Gasteiger partial charge in [0.15, 0.2) is 0 Å². The predicted octanol–water partition coefficient (Wildman–Crippen LogP) is 9.84. The van der Waals surface area contributed by atoms with Gasteiger partial charge in [0, 0.05) is 6.61 Å². The first-order valence-corrected chi connectivity index (χ1v) is 15.3. The highest BCUT2D eigenvalue weighted by Gasteiger charge is 2.27. The van der Waals surface area contributed by atoms with E-state index < -0.39 is 8.56 Å². The van der Waals surface area contributed by atoms with Crippen LogP contribution in [0.1, 0.15) is 90.4 Å². The monoisotopic (exact) mass is 480 g/mol. The highest BCUT2D eigenvalue weighted by atomic mass is 35.5.